The Bertz CT molecular complexity index is 893. The number of pyridine rings is 2. The molecule has 3 heteroatoms. The Hall–Kier alpha value is -3.20. The number of fused-ring (bicyclic) bond motifs is 1. The summed E-state index contributed by atoms with van der Waals surface area (Å²) in [5.41, 5.74) is 10.5. The first kappa shape index (κ1) is 14.7. The second-order valence-corrected chi connectivity index (χ2v) is 5.10. The van der Waals surface area contributed by atoms with Crippen LogP contribution < -0.4 is 5.73 Å². The molecule has 0 aliphatic rings. The summed E-state index contributed by atoms with van der Waals surface area (Å²) < 4.78 is 0. The van der Waals surface area contributed by atoms with Crippen LogP contribution in [0.5, 0.6) is 0 Å². The number of hydrogen-bond acceptors (Lipinski definition) is 3. The standard InChI is InChI=1S/C20H17N3/c1-15(4-2-3-10-21)17-5-6-20-19(14-17)18(9-13-23-20)16-7-11-22-12-8-16/h2-14H,1,21H2/b4-2-,10-3-. The minimum absolute atomic E-state index is 0.925. The summed E-state index contributed by atoms with van der Waals surface area (Å²) in [4.78, 5) is 8.54. The molecule has 2 heterocycles. The lowest BCUT2D eigenvalue weighted by Gasteiger charge is -2.08. The third-order valence-electron chi connectivity index (χ3n) is 3.62. The SMILES string of the molecule is C=C(/C=C\C=C/N)c1ccc2nccc(-c3ccncc3)c2c1. The third kappa shape index (κ3) is 3.19. The van der Waals surface area contributed by atoms with E-state index in [1.807, 2.05) is 48.7 Å². The Morgan fingerprint density at radius 1 is 1.00 bits per heavy atom. The van der Waals surface area contributed by atoms with Crippen molar-refractivity contribution in [2.24, 2.45) is 5.73 Å². The van der Waals surface area contributed by atoms with E-state index in [1.165, 1.54) is 6.20 Å². The van der Waals surface area contributed by atoms with Crippen molar-refractivity contribution >= 4 is 16.5 Å². The summed E-state index contributed by atoms with van der Waals surface area (Å²) in [6.07, 6.45) is 12.5. The number of nitrogens with zero attached hydrogens (tertiary/aromatic N) is 2. The first-order valence-electron chi connectivity index (χ1n) is 7.33. The molecule has 2 N–H and O–H groups in total. The van der Waals surface area contributed by atoms with Gasteiger partial charge in [0.2, 0.25) is 0 Å². The molecule has 0 bridgehead atoms. The highest BCUT2D eigenvalue weighted by Gasteiger charge is 2.06. The maximum Gasteiger partial charge on any atom is 0.0708 e. The molecule has 0 spiro atoms. The zero-order valence-corrected chi connectivity index (χ0v) is 12.7. The van der Waals surface area contributed by atoms with Gasteiger partial charge in [0.1, 0.15) is 0 Å². The molecule has 0 unspecified atom stereocenters. The highest BCUT2D eigenvalue weighted by molar-refractivity contribution is 5.96. The van der Waals surface area contributed by atoms with Crippen LogP contribution in [0.1, 0.15) is 5.56 Å². The fourth-order valence-electron chi connectivity index (χ4n) is 2.46. The monoisotopic (exact) mass is 299 g/mol. The Morgan fingerprint density at radius 3 is 2.61 bits per heavy atom. The lowest BCUT2D eigenvalue weighted by Crippen LogP contribution is -1.87. The van der Waals surface area contributed by atoms with Gasteiger partial charge in [0.05, 0.1) is 5.52 Å². The van der Waals surface area contributed by atoms with Gasteiger partial charge >= 0.3 is 0 Å². The number of benzene rings is 1. The zero-order chi connectivity index (χ0) is 16.1. The molecule has 0 saturated heterocycles. The summed E-state index contributed by atoms with van der Waals surface area (Å²) >= 11 is 0. The number of rotatable bonds is 4. The van der Waals surface area contributed by atoms with E-state index >= 15 is 0 Å². The predicted octanol–water partition coefficient (Wildman–Crippen LogP) is 4.34. The van der Waals surface area contributed by atoms with Crippen LogP contribution >= 0.6 is 0 Å². The van der Waals surface area contributed by atoms with Crippen LogP contribution in [0.25, 0.3) is 27.6 Å². The highest BCUT2D eigenvalue weighted by atomic mass is 14.6. The van der Waals surface area contributed by atoms with Gasteiger partial charge in [-0.3, -0.25) is 9.97 Å². The molecule has 0 radical (unpaired) electrons. The molecule has 0 aliphatic carbocycles. The summed E-state index contributed by atoms with van der Waals surface area (Å²) in [5, 5.41) is 1.10. The van der Waals surface area contributed by atoms with Crippen molar-refractivity contribution < 1.29 is 0 Å². The van der Waals surface area contributed by atoms with Crippen LogP contribution in [0.15, 0.2) is 86.0 Å². The van der Waals surface area contributed by atoms with Gasteiger partial charge in [-0.15, -0.1) is 0 Å². The fourth-order valence-corrected chi connectivity index (χ4v) is 2.46. The first-order valence-corrected chi connectivity index (χ1v) is 7.33. The second kappa shape index (κ2) is 6.71. The quantitative estimate of drug-likeness (QED) is 0.729. The molecule has 2 aromatic heterocycles. The van der Waals surface area contributed by atoms with E-state index in [2.05, 4.69) is 22.6 Å². The largest absolute Gasteiger partial charge is 0.405 e. The van der Waals surface area contributed by atoms with Gasteiger partial charge in [0.25, 0.3) is 0 Å². The van der Waals surface area contributed by atoms with Gasteiger partial charge in [-0.2, -0.15) is 0 Å². The summed E-state index contributed by atoms with van der Waals surface area (Å²) in [6.45, 7) is 4.11. The molecular weight excluding hydrogens is 282 g/mol. The molecule has 3 aromatic rings. The van der Waals surface area contributed by atoms with Gasteiger partial charge < -0.3 is 5.73 Å². The molecule has 1 aromatic carbocycles. The highest BCUT2D eigenvalue weighted by Crippen LogP contribution is 2.29. The molecule has 0 fully saturated rings. The molecule has 0 atom stereocenters. The fraction of sp³-hybridized carbons (Fsp3) is 0. The molecule has 112 valence electrons. The van der Waals surface area contributed by atoms with Gasteiger partial charge in [-0.05, 0) is 64.9 Å². The average molecular weight is 299 g/mol. The summed E-state index contributed by atoms with van der Waals surface area (Å²) in [5.74, 6) is 0. The molecule has 0 aliphatic heterocycles. The van der Waals surface area contributed by atoms with Crippen LogP contribution in [0, 0.1) is 0 Å². The zero-order valence-electron chi connectivity index (χ0n) is 12.7. The smallest absolute Gasteiger partial charge is 0.0708 e. The Morgan fingerprint density at radius 2 is 1.83 bits per heavy atom. The normalized spacial score (nSPS) is 11.5. The van der Waals surface area contributed by atoms with Crippen molar-refractivity contribution in [2.45, 2.75) is 0 Å². The first-order chi connectivity index (χ1) is 11.3. The van der Waals surface area contributed by atoms with E-state index in [4.69, 9.17) is 5.73 Å². The minimum Gasteiger partial charge on any atom is -0.405 e. The topological polar surface area (TPSA) is 51.8 Å². The summed E-state index contributed by atoms with van der Waals surface area (Å²) in [6, 6.07) is 12.2. The molecule has 0 amide bonds. The van der Waals surface area contributed by atoms with Crippen LogP contribution in [-0.4, -0.2) is 9.97 Å². The van der Waals surface area contributed by atoms with Crippen molar-refractivity contribution in [3.8, 4) is 11.1 Å². The number of aromatic nitrogens is 2. The van der Waals surface area contributed by atoms with Crippen LogP contribution in [0.4, 0.5) is 0 Å². The van der Waals surface area contributed by atoms with Crippen molar-refractivity contribution in [1.29, 1.82) is 0 Å². The molecule has 3 rings (SSSR count). The minimum atomic E-state index is 0.925. The van der Waals surface area contributed by atoms with E-state index in [-0.39, 0.29) is 0 Å². The van der Waals surface area contributed by atoms with E-state index in [0.29, 0.717) is 0 Å². The maximum absolute atomic E-state index is 5.34. The van der Waals surface area contributed by atoms with Crippen molar-refractivity contribution in [3.63, 3.8) is 0 Å². The van der Waals surface area contributed by atoms with E-state index in [0.717, 1.165) is 33.2 Å². The second-order valence-electron chi connectivity index (χ2n) is 5.10. The van der Waals surface area contributed by atoms with Gasteiger partial charge in [-0.25, -0.2) is 0 Å². The third-order valence-corrected chi connectivity index (χ3v) is 3.62. The van der Waals surface area contributed by atoms with Crippen molar-refractivity contribution in [2.75, 3.05) is 0 Å². The number of hydrogen-bond donors (Lipinski definition) is 1. The molecule has 23 heavy (non-hydrogen) atoms. The molecule has 0 saturated carbocycles. The Kier molecular flexibility index (Phi) is 4.29. The van der Waals surface area contributed by atoms with Crippen molar-refractivity contribution in [1.82, 2.24) is 9.97 Å². The number of allylic oxidation sites excluding steroid dienone is 4. The molecule has 3 nitrogen and oxygen atoms in total. The van der Waals surface area contributed by atoms with E-state index in [9.17, 15) is 0 Å². The lowest BCUT2D eigenvalue weighted by molar-refractivity contribution is 1.33. The molecular formula is C20H17N3. The summed E-state index contributed by atoms with van der Waals surface area (Å²) in [7, 11) is 0. The maximum atomic E-state index is 5.34. The van der Waals surface area contributed by atoms with Crippen LogP contribution in [-0.2, 0) is 0 Å². The van der Waals surface area contributed by atoms with Crippen molar-refractivity contribution in [3.05, 3.63) is 91.6 Å². The lowest BCUT2D eigenvalue weighted by atomic mass is 9.98. The van der Waals surface area contributed by atoms with E-state index < -0.39 is 0 Å². The Balaban J connectivity index is 2.10. The van der Waals surface area contributed by atoms with Crippen LogP contribution in [0.3, 0.4) is 0 Å². The average Bonchev–Trinajstić information content (AvgIpc) is 2.61. The van der Waals surface area contributed by atoms with Gasteiger partial charge in [-0.1, -0.05) is 24.8 Å². The number of nitrogens with two attached hydrogens (primary N) is 1. The van der Waals surface area contributed by atoms with Gasteiger partial charge in [0.15, 0.2) is 0 Å². The Labute approximate surface area is 135 Å². The van der Waals surface area contributed by atoms with Gasteiger partial charge in [0, 0.05) is 24.0 Å². The van der Waals surface area contributed by atoms with Crippen LogP contribution in [0.2, 0.25) is 0 Å². The predicted molar refractivity (Wildman–Crippen MR) is 96.5 cm³/mol. The van der Waals surface area contributed by atoms with E-state index in [1.54, 1.807) is 18.5 Å².